The molecule has 3 nitrogen and oxygen atoms in total. The summed E-state index contributed by atoms with van der Waals surface area (Å²) in [5.41, 5.74) is 5.11. The topological polar surface area (TPSA) is 29.9 Å². The minimum absolute atomic E-state index is 0.263. The first-order chi connectivity index (χ1) is 8.47. The van der Waals surface area contributed by atoms with E-state index in [9.17, 15) is 0 Å². The fraction of sp³-hybridized carbons (Fsp3) is 0.400. The monoisotopic (exact) mass is 243 g/mol. The van der Waals surface area contributed by atoms with Gasteiger partial charge in [0, 0.05) is 18.8 Å². The van der Waals surface area contributed by atoms with Crippen molar-refractivity contribution in [1.29, 1.82) is 0 Å². The third kappa shape index (κ3) is 2.55. The second-order valence-corrected chi connectivity index (χ2v) is 5.00. The zero-order valence-corrected chi connectivity index (χ0v) is 11.8. The summed E-state index contributed by atoms with van der Waals surface area (Å²) in [5, 5.41) is 7.86. The summed E-state index contributed by atoms with van der Waals surface area (Å²) < 4.78 is 1.88. The molecule has 3 heteroatoms. The molecule has 1 aromatic heterocycles. The van der Waals surface area contributed by atoms with E-state index in [4.69, 9.17) is 0 Å². The van der Waals surface area contributed by atoms with Crippen molar-refractivity contribution in [2.45, 2.75) is 33.7 Å². The number of aromatic nitrogens is 2. The van der Waals surface area contributed by atoms with E-state index >= 15 is 0 Å². The highest BCUT2D eigenvalue weighted by molar-refractivity contribution is 5.40. The van der Waals surface area contributed by atoms with Crippen LogP contribution < -0.4 is 5.32 Å². The fourth-order valence-electron chi connectivity index (χ4n) is 1.97. The van der Waals surface area contributed by atoms with Crippen molar-refractivity contribution in [3.05, 3.63) is 46.6 Å². The van der Waals surface area contributed by atoms with Gasteiger partial charge < -0.3 is 5.32 Å². The molecule has 2 rings (SSSR count). The fourth-order valence-corrected chi connectivity index (χ4v) is 1.97. The van der Waals surface area contributed by atoms with Crippen molar-refractivity contribution < 1.29 is 0 Å². The molecule has 96 valence electrons. The van der Waals surface area contributed by atoms with E-state index in [1.807, 2.05) is 11.7 Å². The van der Waals surface area contributed by atoms with Gasteiger partial charge in [0.25, 0.3) is 0 Å². The lowest BCUT2D eigenvalue weighted by molar-refractivity contribution is 0.735. The molecular formula is C15H21N3. The number of benzene rings is 1. The van der Waals surface area contributed by atoms with Crippen LogP contribution in [0, 0.1) is 20.8 Å². The summed E-state index contributed by atoms with van der Waals surface area (Å²) in [6, 6.07) is 8.92. The molecular weight excluding hydrogens is 222 g/mol. The van der Waals surface area contributed by atoms with Crippen LogP contribution in [-0.4, -0.2) is 9.78 Å². The van der Waals surface area contributed by atoms with E-state index in [-0.39, 0.29) is 6.04 Å². The Kier molecular flexibility index (Phi) is 3.41. The van der Waals surface area contributed by atoms with Crippen LogP contribution in [0.4, 0.5) is 5.82 Å². The summed E-state index contributed by atoms with van der Waals surface area (Å²) in [6.07, 6.45) is 0. The van der Waals surface area contributed by atoms with E-state index in [2.05, 4.69) is 62.4 Å². The van der Waals surface area contributed by atoms with Crippen LogP contribution in [0.3, 0.4) is 0 Å². The van der Waals surface area contributed by atoms with Crippen molar-refractivity contribution in [3.63, 3.8) is 0 Å². The quantitative estimate of drug-likeness (QED) is 0.894. The van der Waals surface area contributed by atoms with Crippen molar-refractivity contribution in [2.75, 3.05) is 5.32 Å². The van der Waals surface area contributed by atoms with Crippen LogP contribution in [0.5, 0.6) is 0 Å². The molecule has 2 aromatic rings. The number of aryl methyl sites for hydroxylation is 4. The maximum absolute atomic E-state index is 4.42. The van der Waals surface area contributed by atoms with Crippen LogP contribution in [0.1, 0.15) is 35.3 Å². The van der Waals surface area contributed by atoms with E-state index in [0.717, 1.165) is 11.5 Å². The van der Waals surface area contributed by atoms with Crippen molar-refractivity contribution in [1.82, 2.24) is 9.78 Å². The largest absolute Gasteiger partial charge is 0.362 e. The van der Waals surface area contributed by atoms with Crippen molar-refractivity contribution in [3.8, 4) is 0 Å². The lowest BCUT2D eigenvalue weighted by atomic mass is 10.0. The Labute approximate surface area is 109 Å². The lowest BCUT2D eigenvalue weighted by Gasteiger charge is -2.15. The molecule has 1 aromatic carbocycles. The van der Waals surface area contributed by atoms with Gasteiger partial charge in [-0.25, -0.2) is 0 Å². The van der Waals surface area contributed by atoms with E-state index in [0.29, 0.717) is 0 Å². The van der Waals surface area contributed by atoms with Gasteiger partial charge in [-0.05, 0) is 44.4 Å². The average molecular weight is 243 g/mol. The molecule has 0 saturated heterocycles. The standard InChI is InChI=1S/C15H21N3/c1-10-6-7-14(8-11(10)2)13(4)16-15-9-12(3)18(5)17-15/h6-9,13H,1-5H3,(H,16,17). The molecule has 0 amide bonds. The van der Waals surface area contributed by atoms with Gasteiger partial charge in [0.15, 0.2) is 0 Å². The summed E-state index contributed by atoms with van der Waals surface area (Å²) in [7, 11) is 1.96. The number of hydrogen-bond acceptors (Lipinski definition) is 2. The molecule has 0 radical (unpaired) electrons. The highest BCUT2D eigenvalue weighted by Crippen LogP contribution is 2.21. The Morgan fingerprint density at radius 1 is 1.11 bits per heavy atom. The molecule has 1 unspecified atom stereocenters. The van der Waals surface area contributed by atoms with Gasteiger partial charge in [-0.1, -0.05) is 18.2 Å². The number of nitrogens with one attached hydrogen (secondary N) is 1. The number of hydrogen-bond donors (Lipinski definition) is 1. The summed E-state index contributed by atoms with van der Waals surface area (Å²) in [6.45, 7) is 8.50. The van der Waals surface area contributed by atoms with E-state index < -0.39 is 0 Å². The zero-order chi connectivity index (χ0) is 13.3. The molecule has 1 N–H and O–H groups in total. The SMILES string of the molecule is Cc1ccc(C(C)Nc2cc(C)n(C)n2)cc1C. The predicted molar refractivity (Wildman–Crippen MR) is 75.9 cm³/mol. The molecule has 0 spiro atoms. The average Bonchev–Trinajstić information content (AvgIpc) is 2.61. The second-order valence-electron chi connectivity index (χ2n) is 5.00. The van der Waals surface area contributed by atoms with Gasteiger partial charge in [0.1, 0.15) is 5.82 Å². The van der Waals surface area contributed by atoms with E-state index in [1.54, 1.807) is 0 Å². The van der Waals surface area contributed by atoms with Gasteiger partial charge in [-0.2, -0.15) is 5.10 Å². The molecule has 1 atom stereocenters. The Morgan fingerprint density at radius 3 is 2.39 bits per heavy atom. The van der Waals surface area contributed by atoms with Crippen molar-refractivity contribution >= 4 is 5.82 Å². The number of rotatable bonds is 3. The highest BCUT2D eigenvalue weighted by Gasteiger charge is 2.08. The first-order valence-electron chi connectivity index (χ1n) is 6.31. The Hall–Kier alpha value is -1.77. The maximum atomic E-state index is 4.42. The number of nitrogens with zero attached hydrogens (tertiary/aromatic N) is 2. The summed E-state index contributed by atoms with van der Waals surface area (Å²) in [4.78, 5) is 0. The smallest absolute Gasteiger partial charge is 0.148 e. The first kappa shape index (κ1) is 12.7. The van der Waals surface area contributed by atoms with Gasteiger partial charge in [0.05, 0.1) is 6.04 Å². The van der Waals surface area contributed by atoms with Gasteiger partial charge in [-0.3, -0.25) is 4.68 Å². The minimum atomic E-state index is 0.263. The molecule has 18 heavy (non-hydrogen) atoms. The van der Waals surface area contributed by atoms with Gasteiger partial charge in [-0.15, -0.1) is 0 Å². The van der Waals surface area contributed by atoms with Gasteiger partial charge >= 0.3 is 0 Å². The molecule has 0 saturated carbocycles. The first-order valence-corrected chi connectivity index (χ1v) is 6.31. The second kappa shape index (κ2) is 4.84. The third-order valence-corrected chi connectivity index (χ3v) is 3.51. The molecule has 0 fully saturated rings. The molecule has 0 aliphatic rings. The Balaban J connectivity index is 2.16. The van der Waals surface area contributed by atoms with Crippen LogP contribution in [-0.2, 0) is 7.05 Å². The van der Waals surface area contributed by atoms with Crippen molar-refractivity contribution in [2.24, 2.45) is 7.05 Å². The minimum Gasteiger partial charge on any atom is -0.362 e. The Morgan fingerprint density at radius 2 is 1.83 bits per heavy atom. The summed E-state index contributed by atoms with van der Waals surface area (Å²) >= 11 is 0. The molecule has 0 bridgehead atoms. The molecule has 0 aliphatic carbocycles. The highest BCUT2D eigenvalue weighted by atomic mass is 15.3. The van der Waals surface area contributed by atoms with Crippen LogP contribution >= 0.6 is 0 Å². The predicted octanol–water partition coefficient (Wildman–Crippen LogP) is 3.52. The van der Waals surface area contributed by atoms with Crippen LogP contribution in [0.15, 0.2) is 24.3 Å². The third-order valence-electron chi connectivity index (χ3n) is 3.51. The summed E-state index contributed by atoms with van der Waals surface area (Å²) in [5.74, 6) is 0.931. The molecule has 0 aliphatic heterocycles. The van der Waals surface area contributed by atoms with Crippen LogP contribution in [0.25, 0.3) is 0 Å². The Bertz CT molecular complexity index is 535. The van der Waals surface area contributed by atoms with E-state index in [1.165, 1.54) is 16.7 Å². The molecule has 1 heterocycles. The zero-order valence-electron chi connectivity index (χ0n) is 11.8. The van der Waals surface area contributed by atoms with Crippen LogP contribution in [0.2, 0.25) is 0 Å². The van der Waals surface area contributed by atoms with Gasteiger partial charge in [0.2, 0.25) is 0 Å². The number of anilines is 1. The lowest BCUT2D eigenvalue weighted by Crippen LogP contribution is -2.07. The normalized spacial score (nSPS) is 12.5. The maximum Gasteiger partial charge on any atom is 0.148 e.